The summed E-state index contributed by atoms with van der Waals surface area (Å²) >= 11 is 0. The number of rotatable bonds is 10. The molecule has 0 aliphatic rings. The van der Waals surface area contributed by atoms with Crippen LogP contribution in [0.25, 0.3) is 11.0 Å². The summed E-state index contributed by atoms with van der Waals surface area (Å²) in [7, 11) is 0. The molecule has 33 heavy (non-hydrogen) atoms. The number of ether oxygens (including phenoxy) is 1. The summed E-state index contributed by atoms with van der Waals surface area (Å²) < 4.78 is 8.23. The van der Waals surface area contributed by atoms with Gasteiger partial charge in [-0.15, -0.1) is 6.58 Å². The highest BCUT2D eigenvalue weighted by molar-refractivity contribution is 5.78. The fourth-order valence-corrected chi connectivity index (χ4v) is 4.15. The maximum Gasteiger partial charge on any atom is 0.143 e. The quantitative estimate of drug-likeness (QED) is 0.232. The van der Waals surface area contributed by atoms with Gasteiger partial charge in [0.1, 0.15) is 17.7 Å². The molecule has 4 rings (SSSR count). The van der Waals surface area contributed by atoms with Crippen molar-refractivity contribution in [1.29, 1.82) is 0 Å². The number of allylic oxidation sites excluding steroid dienone is 1. The van der Waals surface area contributed by atoms with E-state index in [9.17, 15) is 5.11 Å². The lowest BCUT2D eigenvalue weighted by molar-refractivity contribution is 0.204. The van der Waals surface area contributed by atoms with E-state index >= 15 is 0 Å². The summed E-state index contributed by atoms with van der Waals surface area (Å²) in [6, 6.07) is 22.2. The molecule has 1 heterocycles. The summed E-state index contributed by atoms with van der Waals surface area (Å²) in [5.41, 5.74) is 6.45. The highest BCUT2D eigenvalue weighted by Crippen LogP contribution is 2.28. The van der Waals surface area contributed by atoms with Gasteiger partial charge in [-0.1, -0.05) is 54.6 Å². The van der Waals surface area contributed by atoms with Gasteiger partial charge in [0.05, 0.1) is 17.6 Å². The Bertz CT molecular complexity index is 1230. The second-order valence-electron chi connectivity index (χ2n) is 8.52. The molecule has 0 saturated carbocycles. The van der Waals surface area contributed by atoms with Crippen molar-refractivity contribution in [2.45, 2.75) is 45.8 Å². The first-order valence-corrected chi connectivity index (χ1v) is 11.6. The number of benzene rings is 3. The van der Waals surface area contributed by atoms with Crippen LogP contribution in [0.3, 0.4) is 0 Å². The first-order chi connectivity index (χ1) is 16.1. The monoisotopic (exact) mass is 440 g/mol. The number of imidazole rings is 1. The second kappa shape index (κ2) is 10.5. The van der Waals surface area contributed by atoms with Gasteiger partial charge < -0.3 is 14.4 Å². The Balaban J connectivity index is 1.50. The summed E-state index contributed by atoms with van der Waals surface area (Å²) in [6.07, 6.45) is 3.78. The molecule has 0 saturated heterocycles. The Labute approximate surface area is 196 Å². The van der Waals surface area contributed by atoms with E-state index in [1.54, 1.807) is 0 Å². The molecule has 4 nitrogen and oxygen atoms in total. The number of aromatic nitrogens is 2. The molecular formula is C29H32N2O2. The highest BCUT2D eigenvalue weighted by Gasteiger charge is 2.20. The van der Waals surface area contributed by atoms with Gasteiger partial charge in [0.25, 0.3) is 0 Å². The minimum atomic E-state index is -0.763. The minimum Gasteiger partial charge on any atom is -0.493 e. The number of unbranched alkanes of at least 4 members (excludes halogenated alkanes) is 1. The van der Waals surface area contributed by atoms with E-state index in [0.29, 0.717) is 12.4 Å². The molecule has 170 valence electrons. The van der Waals surface area contributed by atoms with E-state index in [1.165, 1.54) is 11.1 Å². The third-order valence-electron chi connectivity index (χ3n) is 6.12. The van der Waals surface area contributed by atoms with Gasteiger partial charge in [-0.3, -0.25) is 0 Å². The molecule has 3 aromatic carbocycles. The Morgan fingerprint density at radius 2 is 1.73 bits per heavy atom. The van der Waals surface area contributed by atoms with Crippen LogP contribution in [0.15, 0.2) is 79.4 Å². The van der Waals surface area contributed by atoms with E-state index in [2.05, 4.69) is 43.2 Å². The fraction of sp³-hybridized carbons (Fsp3) is 0.276. The standard InChI is InChI=1S/C29H32N2O2/c1-4-12-23-13-8-9-16-27(23)33-18-11-10-17-31-26-20-22(3)21(2)19-25(26)30-29(31)28(32)24-14-6-5-7-15-24/h4-9,13-16,19-20,28,32H,1,10-12,17-18H2,2-3H3. The van der Waals surface area contributed by atoms with Gasteiger partial charge in [-0.2, -0.15) is 0 Å². The van der Waals surface area contributed by atoms with Gasteiger partial charge in [0.2, 0.25) is 0 Å². The molecule has 1 atom stereocenters. The summed E-state index contributed by atoms with van der Waals surface area (Å²) in [4.78, 5) is 4.84. The van der Waals surface area contributed by atoms with Crippen LogP contribution in [0.2, 0.25) is 0 Å². The molecule has 1 aromatic heterocycles. The Kier molecular flexibility index (Phi) is 7.26. The third kappa shape index (κ3) is 5.18. The van der Waals surface area contributed by atoms with E-state index in [-0.39, 0.29) is 0 Å². The average molecular weight is 441 g/mol. The Morgan fingerprint density at radius 3 is 2.52 bits per heavy atom. The first kappa shape index (κ1) is 22.8. The second-order valence-corrected chi connectivity index (χ2v) is 8.52. The summed E-state index contributed by atoms with van der Waals surface area (Å²) in [6.45, 7) is 9.47. The lowest BCUT2D eigenvalue weighted by Crippen LogP contribution is -2.11. The molecule has 0 aliphatic carbocycles. The lowest BCUT2D eigenvalue weighted by atomic mass is 10.1. The van der Waals surface area contributed by atoms with Crippen LogP contribution in [0.5, 0.6) is 5.75 Å². The van der Waals surface area contributed by atoms with Crippen molar-refractivity contribution in [2.24, 2.45) is 0 Å². The van der Waals surface area contributed by atoms with Crippen LogP contribution in [0, 0.1) is 13.8 Å². The molecule has 4 aromatic rings. The normalized spacial score (nSPS) is 12.1. The molecule has 0 radical (unpaired) electrons. The van der Waals surface area contributed by atoms with Gasteiger partial charge in [0, 0.05) is 6.54 Å². The van der Waals surface area contributed by atoms with Crippen LogP contribution in [0.1, 0.15) is 47.0 Å². The highest BCUT2D eigenvalue weighted by atomic mass is 16.5. The van der Waals surface area contributed by atoms with E-state index in [1.807, 2.05) is 54.6 Å². The molecule has 0 amide bonds. The van der Waals surface area contributed by atoms with Crippen molar-refractivity contribution in [3.05, 3.63) is 107 Å². The Morgan fingerprint density at radius 1 is 1.00 bits per heavy atom. The zero-order chi connectivity index (χ0) is 23.2. The zero-order valence-corrected chi connectivity index (χ0v) is 19.5. The van der Waals surface area contributed by atoms with Crippen molar-refractivity contribution in [2.75, 3.05) is 6.61 Å². The number of aliphatic hydroxyl groups excluding tert-OH is 1. The molecule has 0 bridgehead atoms. The van der Waals surface area contributed by atoms with Gasteiger partial charge in [0.15, 0.2) is 0 Å². The van der Waals surface area contributed by atoms with Crippen molar-refractivity contribution in [3.8, 4) is 5.75 Å². The predicted molar refractivity (Wildman–Crippen MR) is 135 cm³/mol. The maximum absolute atomic E-state index is 11.1. The SMILES string of the molecule is C=CCc1ccccc1OCCCCn1c(C(O)c2ccccc2)nc2cc(C)c(C)cc21. The number of aryl methyl sites for hydroxylation is 3. The molecule has 0 spiro atoms. The zero-order valence-electron chi connectivity index (χ0n) is 19.5. The van der Waals surface area contributed by atoms with Crippen LogP contribution in [-0.2, 0) is 13.0 Å². The van der Waals surface area contributed by atoms with E-state index < -0.39 is 6.10 Å². The van der Waals surface area contributed by atoms with E-state index in [4.69, 9.17) is 9.72 Å². The lowest BCUT2D eigenvalue weighted by Gasteiger charge is -2.15. The number of fused-ring (bicyclic) bond motifs is 1. The van der Waals surface area contributed by atoms with Crippen molar-refractivity contribution >= 4 is 11.0 Å². The fourth-order valence-electron chi connectivity index (χ4n) is 4.15. The Hall–Kier alpha value is -3.37. The molecule has 0 fully saturated rings. The minimum absolute atomic E-state index is 0.648. The van der Waals surface area contributed by atoms with Crippen LogP contribution >= 0.6 is 0 Å². The number of nitrogens with zero attached hydrogens (tertiary/aromatic N) is 2. The topological polar surface area (TPSA) is 47.3 Å². The van der Waals surface area contributed by atoms with E-state index in [0.717, 1.165) is 53.7 Å². The third-order valence-corrected chi connectivity index (χ3v) is 6.12. The summed E-state index contributed by atoms with van der Waals surface area (Å²) in [5.74, 6) is 1.62. The van der Waals surface area contributed by atoms with Crippen molar-refractivity contribution < 1.29 is 9.84 Å². The molecule has 1 N–H and O–H groups in total. The number of para-hydroxylation sites is 1. The largest absolute Gasteiger partial charge is 0.493 e. The molecular weight excluding hydrogens is 408 g/mol. The molecule has 1 unspecified atom stereocenters. The number of aliphatic hydroxyl groups is 1. The van der Waals surface area contributed by atoms with Crippen LogP contribution < -0.4 is 4.74 Å². The number of hydrogen-bond donors (Lipinski definition) is 1. The van der Waals surface area contributed by atoms with Gasteiger partial charge in [-0.25, -0.2) is 4.98 Å². The van der Waals surface area contributed by atoms with Crippen LogP contribution in [-0.4, -0.2) is 21.3 Å². The van der Waals surface area contributed by atoms with Crippen LogP contribution in [0.4, 0.5) is 0 Å². The molecule has 0 aliphatic heterocycles. The maximum atomic E-state index is 11.1. The number of hydrogen-bond acceptors (Lipinski definition) is 3. The average Bonchev–Trinajstić information content (AvgIpc) is 3.17. The van der Waals surface area contributed by atoms with Crippen molar-refractivity contribution in [3.63, 3.8) is 0 Å². The predicted octanol–water partition coefficient (Wildman–Crippen LogP) is 6.32. The smallest absolute Gasteiger partial charge is 0.143 e. The first-order valence-electron chi connectivity index (χ1n) is 11.6. The van der Waals surface area contributed by atoms with Gasteiger partial charge in [-0.05, 0) is 73.6 Å². The molecule has 4 heteroatoms. The summed E-state index contributed by atoms with van der Waals surface area (Å²) in [5, 5.41) is 11.1. The van der Waals surface area contributed by atoms with Crippen molar-refractivity contribution in [1.82, 2.24) is 9.55 Å². The van der Waals surface area contributed by atoms with Gasteiger partial charge >= 0.3 is 0 Å².